The van der Waals surface area contributed by atoms with Crippen LogP contribution in [0.2, 0.25) is 0 Å². The molecule has 0 atom stereocenters. The third kappa shape index (κ3) is 4.45. The minimum absolute atomic E-state index is 0.226. The van der Waals surface area contributed by atoms with Crippen molar-refractivity contribution in [1.82, 2.24) is 15.3 Å². The molecule has 1 aliphatic heterocycles. The molecule has 29 heavy (non-hydrogen) atoms. The maximum atomic E-state index is 12.6. The Labute approximate surface area is 169 Å². The molecule has 1 amide bonds. The van der Waals surface area contributed by atoms with E-state index < -0.39 is 0 Å². The molecule has 4 rings (SSSR count). The molecule has 0 saturated heterocycles. The van der Waals surface area contributed by atoms with Crippen LogP contribution in [0.15, 0.2) is 48.5 Å². The van der Waals surface area contributed by atoms with Crippen LogP contribution in [-0.2, 0) is 13.1 Å². The molecule has 2 N–H and O–H groups in total. The Hall–Kier alpha value is -3.61. The Bertz CT molecular complexity index is 1050. The van der Waals surface area contributed by atoms with Crippen molar-refractivity contribution in [3.05, 3.63) is 76.7 Å². The molecule has 7 heteroatoms. The maximum absolute atomic E-state index is 12.6. The Balaban J connectivity index is 1.41. The summed E-state index contributed by atoms with van der Waals surface area (Å²) in [4.78, 5) is 21.3. The lowest BCUT2D eigenvalue weighted by molar-refractivity contribution is 0.0945. The summed E-state index contributed by atoms with van der Waals surface area (Å²) in [5.41, 5.74) is 3.63. The van der Waals surface area contributed by atoms with Gasteiger partial charge in [0.25, 0.3) is 5.91 Å². The van der Waals surface area contributed by atoms with Gasteiger partial charge in [-0.3, -0.25) is 4.79 Å². The van der Waals surface area contributed by atoms with Crippen molar-refractivity contribution in [2.45, 2.75) is 26.9 Å². The van der Waals surface area contributed by atoms with E-state index in [1.165, 1.54) is 11.1 Å². The van der Waals surface area contributed by atoms with E-state index in [0.717, 1.165) is 11.3 Å². The zero-order chi connectivity index (χ0) is 20.2. The van der Waals surface area contributed by atoms with Crippen molar-refractivity contribution < 1.29 is 14.3 Å². The first kappa shape index (κ1) is 18.7. The Morgan fingerprint density at radius 2 is 1.83 bits per heavy atom. The number of nitrogens with zero attached hydrogens (tertiary/aromatic N) is 2. The Morgan fingerprint density at radius 3 is 2.69 bits per heavy atom. The van der Waals surface area contributed by atoms with Crippen LogP contribution < -0.4 is 20.1 Å². The first-order valence-corrected chi connectivity index (χ1v) is 9.39. The average molecular weight is 390 g/mol. The van der Waals surface area contributed by atoms with Crippen molar-refractivity contribution in [2.24, 2.45) is 0 Å². The van der Waals surface area contributed by atoms with E-state index in [1.54, 1.807) is 13.0 Å². The molecule has 0 radical (unpaired) electrons. The molecule has 0 bridgehead atoms. The Kier molecular flexibility index (Phi) is 5.29. The number of nitrogens with one attached hydrogen (secondary N) is 2. The lowest BCUT2D eigenvalue weighted by Crippen LogP contribution is -2.24. The van der Waals surface area contributed by atoms with Crippen molar-refractivity contribution in [3.8, 4) is 11.5 Å². The van der Waals surface area contributed by atoms with Crippen LogP contribution in [0.4, 0.5) is 5.82 Å². The number of carbonyl (C=O) groups is 1. The molecule has 7 nitrogen and oxygen atoms in total. The fourth-order valence-electron chi connectivity index (χ4n) is 3.09. The molecular weight excluding hydrogens is 368 g/mol. The number of fused-ring (bicyclic) bond motifs is 1. The second kappa shape index (κ2) is 8.18. The summed E-state index contributed by atoms with van der Waals surface area (Å²) in [6, 6.07) is 15.4. The smallest absolute Gasteiger partial charge is 0.270 e. The molecular formula is C22H22N4O3. The predicted octanol–water partition coefficient (Wildman–Crippen LogP) is 3.36. The van der Waals surface area contributed by atoms with Crippen molar-refractivity contribution in [3.63, 3.8) is 0 Å². The molecule has 0 spiro atoms. The molecule has 3 aromatic rings. The standard InChI is InChI=1S/C22H22N4O3/c1-14-5-3-4-6-17(14)12-23-21-10-18(25-15(2)26-21)22(27)24-11-16-7-8-19-20(9-16)29-13-28-19/h3-10H,11-13H2,1-2H3,(H,24,27)(H,23,25,26). The number of anilines is 1. The molecule has 1 aliphatic rings. The van der Waals surface area contributed by atoms with E-state index in [1.807, 2.05) is 30.3 Å². The van der Waals surface area contributed by atoms with E-state index in [2.05, 4.69) is 39.7 Å². The van der Waals surface area contributed by atoms with Crippen molar-refractivity contribution in [2.75, 3.05) is 12.1 Å². The number of hydrogen-bond donors (Lipinski definition) is 2. The molecule has 0 unspecified atom stereocenters. The molecule has 2 aromatic carbocycles. The van der Waals surface area contributed by atoms with Gasteiger partial charge in [-0.15, -0.1) is 0 Å². The summed E-state index contributed by atoms with van der Waals surface area (Å²) >= 11 is 0. The van der Waals surface area contributed by atoms with Gasteiger partial charge in [-0.05, 0) is 42.7 Å². The van der Waals surface area contributed by atoms with E-state index >= 15 is 0 Å². The minimum Gasteiger partial charge on any atom is -0.454 e. The lowest BCUT2D eigenvalue weighted by Gasteiger charge is -2.11. The molecule has 0 aliphatic carbocycles. The van der Waals surface area contributed by atoms with Gasteiger partial charge in [0.15, 0.2) is 11.5 Å². The molecule has 0 fully saturated rings. The topological polar surface area (TPSA) is 85.4 Å². The quantitative estimate of drug-likeness (QED) is 0.671. The van der Waals surface area contributed by atoms with Crippen LogP contribution in [0.25, 0.3) is 0 Å². The van der Waals surface area contributed by atoms with Crippen LogP contribution in [-0.4, -0.2) is 22.7 Å². The summed E-state index contributed by atoms with van der Waals surface area (Å²) in [7, 11) is 0. The van der Waals surface area contributed by atoms with Gasteiger partial charge >= 0.3 is 0 Å². The number of rotatable bonds is 6. The highest BCUT2D eigenvalue weighted by atomic mass is 16.7. The number of aromatic nitrogens is 2. The zero-order valence-corrected chi connectivity index (χ0v) is 16.4. The number of benzene rings is 2. The number of aryl methyl sites for hydroxylation is 2. The maximum Gasteiger partial charge on any atom is 0.270 e. The highest BCUT2D eigenvalue weighted by Gasteiger charge is 2.15. The highest BCUT2D eigenvalue weighted by molar-refractivity contribution is 5.92. The fraction of sp³-hybridized carbons (Fsp3) is 0.227. The van der Waals surface area contributed by atoms with Gasteiger partial charge in [0, 0.05) is 19.2 Å². The van der Waals surface area contributed by atoms with Crippen molar-refractivity contribution in [1.29, 1.82) is 0 Å². The van der Waals surface area contributed by atoms with E-state index in [0.29, 0.717) is 36.2 Å². The molecule has 2 heterocycles. The van der Waals surface area contributed by atoms with Crippen LogP contribution in [0.1, 0.15) is 33.0 Å². The van der Waals surface area contributed by atoms with Crippen LogP contribution in [0.3, 0.4) is 0 Å². The van der Waals surface area contributed by atoms with Gasteiger partial charge in [0.05, 0.1) is 0 Å². The SMILES string of the molecule is Cc1nc(NCc2ccccc2C)cc(C(=O)NCc2ccc3c(c2)OCO3)n1. The van der Waals surface area contributed by atoms with Gasteiger partial charge in [-0.2, -0.15) is 0 Å². The fourth-order valence-corrected chi connectivity index (χ4v) is 3.09. The number of hydrogen-bond acceptors (Lipinski definition) is 6. The third-order valence-corrected chi connectivity index (χ3v) is 4.68. The molecule has 1 aromatic heterocycles. The number of amides is 1. The van der Waals surface area contributed by atoms with E-state index in [9.17, 15) is 4.79 Å². The summed E-state index contributed by atoms with van der Waals surface area (Å²) in [5.74, 6) is 2.31. The van der Waals surface area contributed by atoms with Gasteiger partial charge in [-0.1, -0.05) is 30.3 Å². The van der Waals surface area contributed by atoms with Gasteiger partial charge in [-0.25, -0.2) is 9.97 Å². The largest absolute Gasteiger partial charge is 0.454 e. The van der Waals surface area contributed by atoms with Gasteiger partial charge in [0.1, 0.15) is 17.3 Å². The molecule has 0 saturated carbocycles. The third-order valence-electron chi connectivity index (χ3n) is 4.68. The van der Waals surface area contributed by atoms with Gasteiger partial charge < -0.3 is 20.1 Å². The number of carbonyl (C=O) groups excluding carboxylic acids is 1. The first-order chi connectivity index (χ1) is 14.1. The highest BCUT2D eigenvalue weighted by Crippen LogP contribution is 2.32. The van der Waals surface area contributed by atoms with Crippen LogP contribution in [0.5, 0.6) is 11.5 Å². The summed E-state index contributed by atoms with van der Waals surface area (Å²) in [6.45, 7) is 5.06. The Morgan fingerprint density at radius 1 is 1.00 bits per heavy atom. The lowest BCUT2D eigenvalue weighted by atomic mass is 10.1. The monoisotopic (exact) mass is 390 g/mol. The van der Waals surface area contributed by atoms with Crippen LogP contribution >= 0.6 is 0 Å². The average Bonchev–Trinajstić information content (AvgIpc) is 3.19. The summed E-state index contributed by atoms with van der Waals surface area (Å²) in [5, 5.41) is 6.17. The predicted molar refractivity (Wildman–Crippen MR) is 109 cm³/mol. The first-order valence-electron chi connectivity index (χ1n) is 9.39. The minimum atomic E-state index is -0.257. The summed E-state index contributed by atoms with van der Waals surface area (Å²) in [6.07, 6.45) is 0. The van der Waals surface area contributed by atoms with Crippen LogP contribution in [0, 0.1) is 13.8 Å². The normalized spacial score (nSPS) is 11.9. The second-order valence-electron chi connectivity index (χ2n) is 6.84. The van der Waals surface area contributed by atoms with Crippen molar-refractivity contribution >= 4 is 11.7 Å². The summed E-state index contributed by atoms with van der Waals surface area (Å²) < 4.78 is 10.7. The van der Waals surface area contributed by atoms with Gasteiger partial charge in [0.2, 0.25) is 6.79 Å². The van der Waals surface area contributed by atoms with E-state index in [4.69, 9.17) is 9.47 Å². The molecule has 148 valence electrons. The number of ether oxygens (including phenoxy) is 2. The van der Waals surface area contributed by atoms with E-state index in [-0.39, 0.29) is 12.7 Å². The zero-order valence-electron chi connectivity index (χ0n) is 16.4. The second-order valence-corrected chi connectivity index (χ2v) is 6.84.